The van der Waals surface area contributed by atoms with E-state index in [1.165, 1.54) is 0 Å². The summed E-state index contributed by atoms with van der Waals surface area (Å²) in [5.41, 5.74) is 2.03. The first kappa shape index (κ1) is 12.2. The molecule has 0 saturated heterocycles. The van der Waals surface area contributed by atoms with Crippen LogP contribution in [0.25, 0.3) is 0 Å². The fourth-order valence-corrected chi connectivity index (χ4v) is 1.67. The van der Waals surface area contributed by atoms with Crippen LogP contribution < -0.4 is 4.74 Å². The Morgan fingerprint density at radius 1 is 1.53 bits per heavy atom. The first-order valence-corrected chi connectivity index (χ1v) is 5.85. The van der Waals surface area contributed by atoms with Crippen molar-refractivity contribution in [2.45, 2.75) is 25.6 Å². The number of hydrogen-bond donors (Lipinski definition) is 0. The Labute approximate surface area is 98.8 Å². The van der Waals surface area contributed by atoms with E-state index in [1.807, 2.05) is 32.0 Å². The summed E-state index contributed by atoms with van der Waals surface area (Å²) in [6.45, 7) is 6.17. The number of benzene rings is 1. The molecule has 0 N–H and O–H groups in total. The van der Waals surface area contributed by atoms with Gasteiger partial charge < -0.3 is 4.74 Å². The topological polar surface area (TPSA) is 26.3 Å². The predicted molar refractivity (Wildman–Crippen MR) is 64.7 cm³/mol. The van der Waals surface area contributed by atoms with Crippen molar-refractivity contribution in [1.29, 1.82) is 0 Å². The van der Waals surface area contributed by atoms with Crippen LogP contribution in [0.15, 0.2) is 18.2 Å². The van der Waals surface area contributed by atoms with Gasteiger partial charge >= 0.3 is 0 Å². The molecule has 1 atom stereocenters. The number of hydrogen-bond acceptors (Lipinski definition) is 2. The van der Waals surface area contributed by atoms with Crippen LogP contribution >= 0.6 is 15.9 Å². The van der Waals surface area contributed by atoms with E-state index < -0.39 is 0 Å². The van der Waals surface area contributed by atoms with Crippen molar-refractivity contribution in [3.8, 4) is 5.75 Å². The Morgan fingerprint density at radius 3 is 2.67 bits per heavy atom. The van der Waals surface area contributed by atoms with Crippen LogP contribution in [0.1, 0.15) is 29.8 Å². The van der Waals surface area contributed by atoms with Crippen molar-refractivity contribution in [3.05, 3.63) is 29.3 Å². The van der Waals surface area contributed by atoms with Gasteiger partial charge in [0, 0.05) is 0 Å². The summed E-state index contributed by atoms with van der Waals surface area (Å²) in [6, 6.07) is 5.80. The van der Waals surface area contributed by atoms with Crippen molar-refractivity contribution >= 4 is 21.7 Å². The lowest BCUT2D eigenvalue weighted by Gasteiger charge is -2.11. The zero-order chi connectivity index (χ0) is 11.4. The number of halogens is 1. The molecule has 0 aromatic heterocycles. The SMILES string of the molecule is CCOc1ccc(C(Br)C(C)=O)cc1C. The first-order valence-electron chi connectivity index (χ1n) is 4.94. The molecular weight excluding hydrogens is 256 g/mol. The van der Waals surface area contributed by atoms with Crippen molar-refractivity contribution in [2.24, 2.45) is 0 Å². The number of aryl methyl sites for hydroxylation is 1. The maximum Gasteiger partial charge on any atom is 0.147 e. The third kappa shape index (κ3) is 3.06. The number of rotatable bonds is 4. The third-order valence-electron chi connectivity index (χ3n) is 2.15. The number of ether oxygens (including phenoxy) is 1. The quantitative estimate of drug-likeness (QED) is 0.784. The molecule has 0 amide bonds. The molecule has 0 bridgehead atoms. The van der Waals surface area contributed by atoms with Crippen molar-refractivity contribution in [3.63, 3.8) is 0 Å². The van der Waals surface area contributed by atoms with Gasteiger partial charge in [0.05, 0.1) is 11.4 Å². The Hall–Kier alpha value is -0.830. The summed E-state index contributed by atoms with van der Waals surface area (Å²) < 4.78 is 5.43. The third-order valence-corrected chi connectivity index (χ3v) is 3.32. The van der Waals surface area contributed by atoms with Crippen LogP contribution in [0.2, 0.25) is 0 Å². The molecule has 82 valence electrons. The van der Waals surface area contributed by atoms with Gasteiger partial charge in [0.2, 0.25) is 0 Å². The van der Waals surface area contributed by atoms with Gasteiger partial charge in [-0.25, -0.2) is 0 Å². The summed E-state index contributed by atoms with van der Waals surface area (Å²) in [7, 11) is 0. The van der Waals surface area contributed by atoms with Gasteiger partial charge in [0.25, 0.3) is 0 Å². The van der Waals surface area contributed by atoms with E-state index in [0.29, 0.717) is 6.61 Å². The molecule has 1 aromatic carbocycles. The molecule has 0 heterocycles. The number of Topliss-reactive ketones (excluding diaryl/α,β-unsaturated/α-hetero) is 1. The van der Waals surface area contributed by atoms with E-state index in [-0.39, 0.29) is 10.6 Å². The maximum atomic E-state index is 11.2. The zero-order valence-corrected chi connectivity index (χ0v) is 10.8. The predicted octanol–water partition coefficient (Wildman–Crippen LogP) is 3.42. The molecule has 0 fully saturated rings. The lowest BCUT2D eigenvalue weighted by molar-refractivity contribution is -0.116. The molecule has 1 aromatic rings. The molecule has 0 aliphatic heterocycles. The van der Waals surface area contributed by atoms with Gasteiger partial charge in [-0.2, -0.15) is 0 Å². The Morgan fingerprint density at radius 2 is 2.20 bits per heavy atom. The summed E-state index contributed by atoms with van der Waals surface area (Å²) in [5.74, 6) is 0.989. The molecule has 0 aliphatic carbocycles. The molecule has 3 heteroatoms. The monoisotopic (exact) mass is 270 g/mol. The van der Waals surface area contributed by atoms with E-state index in [9.17, 15) is 4.79 Å². The highest BCUT2D eigenvalue weighted by Gasteiger charge is 2.13. The second kappa shape index (κ2) is 5.31. The van der Waals surface area contributed by atoms with Crippen LogP contribution in [-0.2, 0) is 4.79 Å². The number of ketones is 1. The highest BCUT2D eigenvalue weighted by molar-refractivity contribution is 9.09. The van der Waals surface area contributed by atoms with Crippen molar-refractivity contribution in [1.82, 2.24) is 0 Å². The lowest BCUT2D eigenvalue weighted by Crippen LogP contribution is -2.02. The fourth-order valence-electron chi connectivity index (χ4n) is 1.38. The van der Waals surface area contributed by atoms with Gasteiger partial charge in [0.15, 0.2) is 0 Å². The molecular formula is C12H15BrO2. The van der Waals surface area contributed by atoms with Crippen LogP contribution in [0.4, 0.5) is 0 Å². The van der Waals surface area contributed by atoms with Crippen molar-refractivity contribution < 1.29 is 9.53 Å². The van der Waals surface area contributed by atoms with Crippen LogP contribution in [-0.4, -0.2) is 12.4 Å². The molecule has 0 saturated carbocycles. The van der Waals surface area contributed by atoms with Crippen molar-refractivity contribution in [2.75, 3.05) is 6.61 Å². The van der Waals surface area contributed by atoms with Gasteiger partial charge in [-0.05, 0) is 38.0 Å². The summed E-state index contributed by atoms with van der Waals surface area (Å²) in [4.78, 5) is 11.0. The molecule has 2 nitrogen and oxygen atoms in total. The second-order valence-electron chi connectivity index (χ2n) is 3.43. The highest BCUT2D eigenvalue weighted by Crippen LogP contribution is 2.28. The summed E-state index contributed by atoms with van der Waals surface area (Å²) in [5, 5.41) is 0. The summed E-state index contributed by atoms with van der Waals surface area (Å²) in [6.07, 6.45) is 0. The van der Waals surface area contributed by atoms with Crippen LogP contribution in [0, 0.1) is 6.92 Å². The number of carbonyl (C=O) groups excluding carboxylic acids is 1. The zero-order valence-electron chi connectivity index (χ0n) is 9.21. The number of carbonyl (C=O) groups is 1. The molecule has 15 heavy (non-hydrogen) atoms. The minimum absolute atomic E-state index is 0.110. The largest absolute Gasteiger partial charge is 0.494 e. The smallest absolute Gasteiger partial charge is 0.147 e. The van der Waals surface area contributed by atoms with E-state index in [0.717, 1.165) is 16.9 Å². The Balaban J connectivity index is 2.95. The van der Waals surface area contributed by atoms with Gasteiger partial charge in [-0.15, -0.1) is 0 Å². The summed E-state index contributed by atoms with van der Waals surface area (Å²) >= 11 is 3.36. The van der Waals surface area contributed by atoms with Gasteiger partial charge in [-0.1, -0.05) is 28.1 Å². The van der Waals surface area contributed by atoms with Crippen LogP contribution in [0.3, 0.4) is 0 Å². The lowest BCUT2D eigenvalue weighted by atomic mass is 10.1. The van der Waals surface area contributed by atoms with Crippen LogP contribution in [0.5, 0.6) is 5.75 Å². The minimum atomic E-state index is -0.216. The molecule has 0 aliphatic rings. The van der Waals surface area contributed by atoms with E-state index in [2.05, 4.69) is 15.9 Å². The standard InChI is InChI=1S/C12H15BrO2/c1-4-15-11-6-5-10(7-8(11)2)12(13)9(3)14/h5-7,12H,4H2,1-3H3. The second-order valence-corrected chi connectivity index (χ2v) is 4.35. The van der Waals surface area contributed by atoms with E-state index in [4.69, 9.17) is 4.74 Å². The van der Waals surface area contributed by atoms with E-state index >= 15 is 0 Å². The minimum Gasteiger partial charge on any atom is -0.494 e. The Bertz CT molecular complexity index is 361. The molecule has 0 radical (unpaired) electrons. The van der Waals surface area contributed by atoms with Gasteiger partial charge in [0.1, 0.15) is 11.5 Å². The van der Waals surface area contributed by atoms with E-state index in [1.54, 1.807) is 6.92 Å². The average molecular weight is 271 g/mol. The molecule has 0 spiro atoms. The van der Waals surface area contributed by atoms with Gasteiger partial charge in [-0.3, -0.25) is 4.79 Å². The average Bonchev–Trinajstić information content (AvgIpc) is 2.20. The maximum absolute atomic E-state index is 11.2. The number of alkyl halides is 1. The first-order chi connectivity index (χ1) is 7.06. The fraction of sp³-hybridized carbons (Fsp3) is 0.417. The molecule has 1 rings (SSSR count). The molecule has 1 unspecified atom stereocenters. The Kier molecular flexibility index (Phi) is 4.33. The normalized spacial score (nSPS) is 12.3. The highest BCUT2D eigenvalue weighted by atomic mass is 79.9.